The van der Waals surface area contributed by atoms with Crippen LogP contribution in [0.1, 0.15) is 5.56 Å². The molecule has 0 atom stereocenters. The number of carbonyl (C=O) groups excluding carboxylic acids is 1. The number of hydrogen-bond acceptors (Lipinski definition) is 3. The van der Waals surface area contributed by atoms with Crippen LogP contribution >= 0.6 is 11.3 Å². The summed E-state index contributed by atoms with van der Waals surface area (Å²) in [7, 11) is 0. The van der Waals surface area contributed by atoms with Crippen molar-refractivity contribution in [2.45, 2.75) is 0 Å². The maximum absolute atomic E-state index is 10.2. The molecule has 2 aromatic rings. The number of hydrogen-bond donors (Lipinski definition) is 0. The van der Waals surface area contributed by atoms with Gasteiger partial charge < -0.3 is 0 Å². The molecule has 0 aliphatic rings. The van der Waals surface area contributed by atoms with Gasteiger partial charge in [0.25, 0.3) is 0 Å². The predicted molar refractivity (Wildman–Crippen MR) is 44.4 cm³/mol. The molecule has 0 saturated carbocycles. The van der Waals surface area contributed by atoms with Crippen LogP contribution in [-0.2, 0) is 4.79 Å². The Hall–Kier alpha value is -1.22. The molecule has 0 unspecified atom stereocenters. The smallest absolute Gasteiger partial charge is 0.233 e. The van der Waals surface area contributed by atoms with Gasteiger partial charge in [-0.25, -0.2) is 4.98 Å². The fourth-order valence-corrected chi connectivity index (χ4v) is 1.58. The Morgan fingerprint density at radius 2 is 2.36 bits per heavy atom. The first-order chi connectivity index (χ1) is 5.40. The molecular formula is C8H4NOS. The van der Waals surface area contributed by atoms with E-state index >= 15 is 0 Å². The molecule has 0 fully saturated rings. The molecular weight excluding hydrogens is 158 g/mol. The molecule has 3 heteroatoms. The van der Waals surface area contributed by atoms with E-state index in [9.17, 15) is 4.79 Å². The highest BCUT2D eigenvalue weighted by atomic mass is 32.1. The Labute approximate surface area is 67.5 Å². The zero-order chi connectivity index (χ0) is 7.68. The first-order valence-electron chi connectivity index (χ1n) is 3.11. The predicted octanol–water partition coefficient (Wildman–Crippen LogP) is 1.75. The van der Waals surface area contributed by atoms with E-state index in [0.29, 0.717) is 5.56 Å². The van der Waals surface area contributed by atoms with E-state index in [-0.39, 0.29) is 0 Å². The lowest BCUT2D eigenvalue weighted by Gasteiger charge is -1.87. The summed E-state index contributed by atoms with van der Waals surface area (Å²) < 4.78 is 1.10. The molecule has 0 aliphatic heterocycles. The molecule has 1 aromatic carbocycles. The van der Waals surface area contributed by atoms with Gasteiger partial charge in [0.05, 0.1) is 15.7 Å². The van der Waals surface area contributed by atoms with Crippen LogP contribution < -0.4 is 0 Å². The lowest BCUT2D eigenvalue weighted by Crippen LogP contribution is -1.77. The van der Waals surface area contributed by atoms with Gasteiger partial charge in [-0.1, -0.05) is 0 Å². The molecule has 0 saturated heterocycles. The summed E-state index contributed by atoms with van der Waals surface area (Å²) in [6.45, 7) is 0. The third-order valence-corrected chi connectivity index (χ3v) is 2.26. The Morgan fingerprint density at radius 1 is 1.45 bits per heavy atom. The van der Waals surface area contributed by atoms with Crippen molar-refractivity contribution in [1.29, 1.82) is 0 Å². The summed E-state index contributed by atoms with van der Waals surface area (Å²) in [6.07, 6.45) is 1.82. The van der Waals surface area contributed by atoms with E-state index in [4.69, 9.17) is 0 Å². The molecule has 11 heavy (non-hydrogen) atoms. The van der Waals surface area contributed by atoms with Gasteiger partial charge in [0, 0.05) is 5.56 Å². The van der Waals surface area contributed by atoms with Crippen LogP contribution in [0.3, 0.4) is 0 Å². The lowest BCUT2D eigenvalue weighted by atomic mass is 10.2. The second-order valence-electron chi connectivity index (χ2n) is 2.14. The average molecular weight is 162 g/mol. The van der Waals surface area contributed by atoms with Crippen molar-refractivity contribution in [2.24, 2.45) is 0 Å². The monoisotopic (exact) mass is 162 g/mol. The average Bonchev–Trinajstić information content (AvgIpc) is 2.50. The maximum Gasteiger partial charge on any atom is 0.233 e. The SMILES string of the molecule is O=[C]c1ccc2scnc2c1. The molecule has 0 N–H and O–H groups in total. The minimum Gasteiger partial charge on any atom is -0.285 e. The van der Waals surface area contributed by atoms with E-state index in [0.717, 1.165) is 10.2 Å². The normalized spacial score (nSPS) is 10.2. The van der Waals surface area contributed by atoms with Gasteiger partial charge >= 0.3 is 0 Å². The first kappa shape index (κ1) is 6.49. The van der Waals surface area contributed by atoms with E-state index < -0.39 is 0 Å². The summed E-state index contributed by atoms with van der Waals surface area (Å²) in [5.74, 6) is 0. The summed E-state index contributed by atoms with van der Waals surface area (Å²) in [5, 5.41) is 0. The van der Waals surface area contributed by atoms with Crippen LogP contribution in [0.2, 0.25) is 0 Å². The molecule has 0 spiro atoms. The van der Waals surface area contributed by atoms with Crippen LogP contribution in [0.25, 0.3) is 10.2 Å². The van der Waals surface area contributed by atoms with Crippen LogP contribution in [-0.4, -0.2) is 11.3 Å². The second-order valence-corrected chi connectivity index (χ2v) is 3.02. The fraction of sp³-hybridized carbons (Fsp3) is 0. The summed E-state index contributed by atoms with van der Waals surface area (Å²) in [6, 6.07) is 5.36. The quantitative estimate of drug-likeness (QED) is 0.639. The minimum atomic E-state index is 0.559. The molecule has 2 rings (SSSR count). The maximum atomic E-state index is 10.2. The first-order valence-corrected chi connectivity index (χ1v) is 3.99. The molecule has 0 bridgehead atoms. The van der Waals surface area contributed by atoms with Crippen molar-refractivity contribution < 1.29 is 4.79 Å². The van der Waals surface area contributed by atoms with Crippen molar-refractivity contribution >= 4 is 27.8 Å². The van der Waals surface area contributed by atoms with Crippen molar-refractivity contribution in [1.82, 2.24) is 4.98 Å². The molecule has 1 heterocycles. The lowest BCUT2D eigenvalue weighted by molar-refractivity contribution is 0.563. The summed E-state index contributed by atoms with van der Waals surface area (Å²) in [5.41, 5.74) is 3.19. The Morgan fingerprint density at radius 3 is 3.18 bits per heavy atom. The Bertz CT molecular complexity index is 394. The zero-order valence-electron chi connectivity index (χ0n) is 5.57. The number of aromatic nitrogens is 1. The Balaban J connectivity index is 2.76. The van der Waals surface area contributed by atoms with Crippen LogP contribution in [0.15, 0.2) is 23.7 Å². The largest absolute Gasteiger partial charge is 0.285 e. The molecule has 0 amide bonds. The van der Waals surface area contributed by atoms with E-state index in [1.165, 1.54) is 0 Å². The van der Waals surface area contributed by atoms with Gasteiger partial charge in [0.15, 0.2) is 0 Å². The molecule has 2 nitrogen and oxygen atoms in total. The van der Waals surface area contributed by atoms with Gasteiger partial charge in [-0.3, -0.25) is 4.79 Å². The van der Waals surface area contributed by atoms with Gasteiger partial charge in [-0.15, -0.1) is 11.3 Å². The topological polar surface area (TPSA) is 30.0 Å². The van der Waals surface area contributed by atoms with Crippen LogP contribution in [0.5, 0.6) is 0 Å². The highest BCUT2D eigenvalue weighted by Gasteiger charge is 1.96. The number of benzene rings is 1. The minimum absolute atomic E-state index is 0.559. The van der Waals surface area contributed by atoms with Crippen LogP contribution in [0.4, 0.5) is 0 Å². The summed E-state index contributed by atoms with van der Waals surface area (Å²) >= 11 is 1.57. The number of nitrogens with zero attached hydrogens (tertiary/aromatic N) is 1. The second kappa shape index (κ2) is 2.43. The van der Waals surface area contributed by atoms with E-state index in [1.54, 1.807) is 29.0 Å². The number of fused-ring (bicyclic) bond motifs is 1. The van der Waals surface area contributed by atoms with Gasteiger partial charge in [-0.2, -0.15) is 0 Å². The van der Waals surface area contributed by atoms with Gasteiger partial charge in [0.2, 0.25) is 6.29 Å². The molecule has 1 aromatic heterocycles. The van der Waals surface area contributed by atoms with Crippen molar-refractivity contribution in [3.05, 3.63) is 29.3 Å². The summed E-state index contributed by atoms with van der Waals surface area (Å²) in [4.78, 5) is 14.3. The highest BCUT2D eigenvalue weighted by molar-refractivity contribution is 7.16. The van der Waals surface area contributed by atoms with Crippen molar-refractivity contribution in [3.8, 4) is 0 Å². The van der Waals surface area contributed by atoms with Gasteiger partial charge in [0.1, 0.15) is 0 Å². The van der Waals surface area contributed by atoms with Crippen LogP contribution in [0, 0.1) is 0 Å². The Kier molecular flexibility index (Phi) is 1.43. The van der Waals surface area contributed by atoms with E-state index in [2.05, 4.69) is 4.98 Å². The van der Waals surface area contributed by atoms with Crippen molar-refractivity contribution in [3.63, 3.8) is 0 Å². The zero-order valence-corrected chi connectivity index (χ0v) is 6.39. The van der Waals surface area contributed by atoms with E-state index in [1.807, 2.05) is 12.4 Å². The number of rotatable bonds is 1. The fourth-order valence-electron chi connectivity index (χ4n) is 0.921. The molecule has 53 valence electrons. The molecule has 1 radical (unpaired) electrons. The third kappa shape index (κ3) is 1.03. The van der Waals surface area contributed by atoms with Gasteiger partial charge in [-0.05, 0) is 18.2 Å². The standard InChI is InChI=1S/C8H4NOS/c10-4-6-1-2-8-7(3-6)9-5-11-8/h1-3,5H. The molecule has 0 aliphatic carbocycles. The number of thiazole rings is 1. The van der Waals surface area contributed by atoms with Crippen molar-refractivity contribution in [2.75, 3.05) is 0 Å². The highest BCUT2D eigenvalue weighted by Crippen LogP contribution is 2.17. The third-order valence-electron chi connectivity index (χ3n) is 1.45.